The minimum Gasteiger partial charge on any atom is -0.497 e. The Balaban J connectivity index is 1.85. The van der Waals surface area contributed by atoms with Crippen LogP contribution in [0, 0.1) is 0 Å². The molecule has 0 aliphatic rings. The van der Waals surface area contributed by atoms with E-state index < -0.39 is 0 Å². The first-order valence-corrected chi connectivity index (χ1v) is 8.35. The number of ether oxygens (including phenoxy) is 1. The van der Waals surface area contributed by atoms with Gasteiger partial charge in [-0.25, -0.2) is 0 Å². The standard InChI is InChI=1S/C19H23ClN2O2/c1-14(16-7-9-17(20)10-8-16)21-19(23)13-22(2)12-15-5-4-6-18(11-15)24-3/h4-11,14H,12-13H2,1-3H3,(H,21,23)/p+1/t14-/m0/s1. The molecule has 5 heteroatoms. The van der Waals surface area contributed by atoms with E-state index in [9.17, 15) is 4.79 Å². The predicted octanol–water partition coefficient (Wildman–Crippen LogP) is 2.24. The highest BCUT2D eigenvalue weighted by atomic mass is 35.5. The maximum Gasteiger partial charge on any atom is 0.275 e. The molecule has 0 aliphatic heterocycles. The Morgan fingerprint density at radius 2 is 1.96 bits per heavy atom. The van der Waals surface area contributed by atoms with E-state index in [2.05, 4.69) is 5.32 Å². The highest BCUT2D eigenvalue weighted by Crippen LogP contribution is 2.15. The number of carbonyl (C=O) groups is 1. The van der Waals surface area contributed by atoms with Crippen molar-refractivity contribution in [2.45, 2.75) is 19.5 Å². The molecular formula is C19H24ClN2O2+. The highest BCUT2D eigenvalue weighted by Gasteiger charge is 2.14. The first kappa shape index (κ1) is 18.3. The van der Waals surface area contributed by atoms with E-state index in [1.165, 1.54) is 0 Å². The van der Waals surface area contributed by atoms with Crippen molar-refractivity contribution < 1.29 is 14.4 Å². The third kappa shape index (κ3) is 5.55. The van der Waals surface area contributed by atoms with Gasteiger partial charge in [0.05, 0.1) is 20.2 Å². The molecule has 1 unspecified atom stereocenters. The van der Waals surface area contributed by atoms with Crippen molar-refractivity contribution in [2.24, 2.45) is 0 Å². The van der Waals surface area contributed by atoms with Gasteiger partial charge in [0.2, 0.25) is 0 Å². The summed E-state index contributed by atoms with van der Waals surface area (Å²) in [5.41, 5.74) is 2.18. The molecule has 0 fully saturated rings. The lowest BCUT2D eigenvalue weighted by Gasteiger charge is -2.18. The van der Waals surface area contributed by atoms with Crippen molar-refractivity contribution in [3.05, 3.63) is 64.7 Å². The third-order valence-electron chi connectivity index (χ3n) is 3.85. The summed E-state index contributed by atoms with van der Waals surface area (Å²) in [6, 6.07) is 15.4. The van der Waals surface area contributed by atoms with E-state index >= 15 is 0 Å². The van der Waals surface area contributed by atoms with Gasteiger partial charge in [-0.15, -0.1) is 0 Å². The van der Waals surface area contributed by atoms with E-state index in [1.807, 2.05) is 62.5 Å². The second-order valence-electron chi connectivity index (χ2n) is 6.00. The van der Waals surface area contributed by atoms with Crippen molar-refractivity contribution in [2.75, 3.05) is 20.7 Å². The lowest BCUT2D eigenvalue weighted by atomic mass is 10.1. The number of carbonyl (C=O) groups excluding carboxylic acids is 1. The largest absolute Gasteiger partial charge is 0.497 e. The van der Waals surface area contributed by atoms with Gasteiger partial charge in [0.25, 0.3) is 5.91 Å². The molecule has 0 saturated carbocycles. The average Bonchev–Trinajstić information content (AvgIpc) is 2.55. The molecule has 2 N–H and O–H groups in total. The second kappa shape index (κ2) is 8.71. The number of rotatable bonds is 7. The molecule has 2 rings (SSSR count). The van der Waals surface area contributed by atoms with Crippen LogP contribution in [-0.4, -0.2) is 26.6 Å². The molecule has 0 aliphatic carbocycles. The summed E-state index contributed by atoms with van der Waals surface area (Å²) in [6.45, 7) is 3.15. The Morgan fingerprint density at radius 1 is 1.25 bits per heavy atom. The molecule has 0 spiro atoms. The summed E-state index contributed by atoms with van der Waals surface area (Å²) in [4.78, 5) is 13.3. The predicted molar refractivity (Wildman–Crippen MR) is 96.5 cm³/mol. The van der Waals surface area contributed by atoms with Gasteiger partial charge in [-0.2, -0.15) is 0 Å². The van der Waals surface area contributed by atoms with Crippen LogP contribution in [-0.2, 0) is 11.3 Å². The fraction of sp³-hybridized carbons (Fsp3) is 0.316. The topological polar surface area (TPSA) is 42.8 Å². The van der Waals surface area contributed by atoms with Gasteiger partial charge in [-0.1, -0.05) is 35.9 Å². The highest BCUT2D eigenvalue weighted by molar-refractivity contribution is 6.30. The van der Waals surface area contributed by atoms with Gasteiger partial charge < -0.3 is 15.0 Å². The van der Waals surface area contributed by atoms with Gasteiger partial charge in [0, 0.05) is 10.6 Å². The van der Waals surface area contributed by atoms with Gasteiger partial charge in [0.15, 0.2) is 6.54 Å². The van der Waals surface area contributed by atoms with E-state index in [-0.39, 0.29) is 11.9 Å². The number of benzene rings is 2. The first-order chi connectivity index (χ1) is 11.5. The summed E-state index contributed by atoms with van der Waals surface area (Å²) in [5, 5.41) is 3.72. The number of quaternary nitrogens is 1. The number of methoxy groups -OCH3 is 1. The van der Waals surface area contributed by atoms with Crippen LogP contribution in [0.25, 0.3) is 0 Å². The zero-order valence-corrected chi connectivity index (χ0v) is 15.1. The Hall–Kier alpha value is -2.04. The van der Waals surface area contributed by atoms with Crippen molar-refractivity contribution in [3.63, 3.8) is 0 Å². The molecule has 1 amide bonds. The molecule has 0 aromatic heterocycles. The molecule has 2 aromatic carbocycles. The summed E-state index contributed by atoms with van der Waals surface area (Å²) in [7, 11) is 3.66. The summed E-state index contributed by atoms with van der Waals surface area (Å²) in [5.74, 6) is 0.860. The van der Waals surface area contributed by atoms with Gasteiger partial charge in [0.1, 0.15) is 12.3 Å². The molecule has 4 nitrogen and oxygen atoms in total. The van der Waals surface area contributed by atoms with Crippen LogP contribution in [0.5, 0.6) is 5.75 Å². The smallest absolute Gasteiger partial charge is 0.275 e. The van der Waals surface area contributed by atoms with Crippen LogP contribution >= 0.6 is 11.6 Å². The van der Waals surface area contributed by atoms with Crippen LogP contribution in [0.3, 0.4) is 0 Å². The first-order valence-electron chi connectivity index (χ1n) is 7.97. The van der Waals surface area contributed by atoms with Crippen molar-refractivity contribution >= 4 is 17.5 Å². The van der Waals surface area contributed by atoms with Crippen molar-refractivity contribution in [3.8, 4) is 5.75 Å². The molecule has 0 heterocycles. The normalized spacial score (nSPS) is 13.2. The van der Waals surface area contributed by atoms with Crippen LogP contribution in [0.2, 0.25) is 5.02 Å². The lowest BCUT2D eigenvalue weighted by molar-refractivity contribution is -0.885. The fourth-order valence-corrected chi connectivity index (χ4v) is 2.72. The molecule has 128 valence electrons. The average molecular weight is 348 g/mol. The molecule has 24 heavy (non-hydrogen) atoms. The molecule has 2 atom stereocenters. The van der Waals surface area contributed by atoms with E-state index in [0.717, 1.165) is 28.3 Å². The summed E-state index contributed by atoms with van der Waals surface area (Å²) < 4.78 is 5.23. The third-order valence-corrected chi connectivity index (χ3v) is 4.10. The zero-order valence-electron chi connectivity index (χ0n) is 14.3. The van der Waals surface area contributed by atoms with E-state index in [4.69, 9.17) is 16.3 Å². The fourth-order valence-electron chi connectivity index (χ4n) is 2.59. The lowest BCUT2D eigenvalue weighted by Crippen LogP contribution is -3.08. The van der Waals surface area contributed by atoms with Gasteiger partial charge in [-0.3, -0.25) is 4.79 Å². The number of hydrogen-bond donors (Lipinski definition) is 2. The number of likely N-dealkylation sites (N-methyl/N-ethyl adjacent to an activating group) is 1. The monoisotopic (exact) mass is 347 g/mol. The van der Waals surface area contributed by atoms with E-state index in [0.29, 0.717) is 11.6 Å². The summed E-state index contributed by atoms with van der Waals surface area (Å²) in [6.07, 6.45) is 0. The maximum atomic E-state index is 12.2. The zero-order chi connectivity index (χ0) is 17.5. The SMILES string of the molecule is COc1cccc(C[NH+](C)CC(=O)N[C@@H](C)c2ccc(Cl)cc2)c1. The molecule has 0 bridgehead atoms. The second-order valence-corrected chi connectivity index (χ2v) is 6.44. The van der Waals surface area contributed by atoms with Crippen LogP contribution in [0.1, 0.15) is 24.1 Å². The number of nitrogens with one attached hydrogen (secondary N) is 2. The minimum atomic E-state index is -0.0422. The Labute approximate surface area is 148 Å². The number of amides is 1. The Kier molecular flexibility index (Phi) is 6.64. The number of halogens is 1. The van der Waals surface area contributed by atoms with Gasteiger partial charge >= 0.3 is 0 Å². The quantitative estimate of drug-likeness (QED) is 0.806. The van der Waals surface area contributed by atoms with Crippen molar-refractivity contribution in [1.82, 2.24) is 5.32 Å². The van der Waals surface area contributed by atoms with Gasteiger partial charge in [-0.05, 0) is 36.8 Å². The summed E-state index contributed by atoms with van der Waals surface area (Å²) >= 11 is 5.89. The molecular weight excluding hydrogens is 324 g/mol. The Bertz CT molecular complexity index is 673. The molecule has 0 radical (unpaired) electrons. The van der Waals surface area contributed by atoms with Crippen LogP contribution in [0.15, 0.2) is 48.5 Å². The maximum absolute atomic E-state index is 12.2. The Morgan fingerprint density at radius 3 is 2.62 bits per heavy atom. The number of hydrogen-bond acceptors (Lipinski definition) is 2. The molecule has 2 aromatic rings. The van der Waals surface area contributed by atoms with Crippen LogP contribution in [0.4, 0.5) is 0 Å². The minimum absolute atomic E-state index is 0.0258. The van der Waals surface area contributed by atoms with E-state index in [1.54, 1.807) is 7.11 Å². The molecule has 0 saturated heterocycles. The van der Waals surface area contributed by atoms with Crippen LogP contribution < -0.4 is 15.0 Å². The van der Waals surface area contributed by atoms with Crippen molar-refractivity contribution in [1.29, 1.82) is 0 Å².